The van der Waals surface area contributed by atoms with E-state index in [-0.39, 0.29) is 11.0 Å². The summed E-state index contributed by atoms with van der Waals surface area (Å²) >= 11 is 0. The molecule has 0 unspecified atom stereocenters. The fourth-order valence-corrected chi connectivity index (χ4v) is 3.48. The van der Waals surface area contributed by atoms with Crippen molar-refractivity contribution >= 4 is 38.4 Å². The topological polar surface area (TPSA) is 85.7 Å². The maximum atomic E-state index is 13.0. The number of hydrogen-bond donors (Lipinski definition) is 1. The van der Waals surface area contributed by atoms with E-state index in [0.29, 0.717) is 49.9 Å². The molecule has 0 fully saturated rings. The van der Waals surface area contributed by atoms with Gasteiger partial charge in [-0.15, -0.1) is 0 Å². The van der Waals surface area contributed by atoms with Crippen molar-refractivity contribution in [3.8, 4) is 11.5 Å². The lowest BCUT2D eigenvalue weighted by atomic mass is 10.1. The second kappa shape index (κ2) is 5.82. The normalized spacial score (nSPS) is 11.5. The van der Waals surface area contributed by atoms with Gasteiger partial charge in [0.2, 0.25) is 0 Å². The van der Waals surface area contributed by atoms with Crippen LogP contribution in [0, 0.1) is 0 Å². The van der Waals surface area contributed by atoms with Crippen molar-refractivity contribution in [3.63, 3.8) is 0 Å². The van der Waals surface area contributed by atoms with Crippen LogP contribution in [0.25, 0.3) is 38.4 Å². The number of benzene rings is 2. The molecular weight excluding hydrogens is 358 g/mol. The molecule has 138 valence electrons. The Morgan fingerprint density at radius 3 is 2.39 bits per heavy atom. The largest absolute Gasteiger partial charge is 0.497 e. The number of hydrogen-bond acceptors (Lipinski definition) is 5. The molecule has 0 saturated carbocycles. The van der Waals surface area contributed by atoms with Gasteiger partial charge < -0.3 is 14.5 Å². The lowest BCUT2D eigenvalue weighted by molar-refractivity contribution is 0.412. The first-order chi connectivity index (χ1) is 13.6. The zero-order valence-corrected chi connectivity index (χ0v) is 15.1. The minimum atomic E-state index is -0.225. The van der Waals surface area contributed by atoms with E-state index in [1.165, 1.54) is 4.40 Å². The average Bonchev–Trinajstić information content (AvgIpc) is 2.73. The van der Waals surface area contributed by atoms with Gasteiger partial charge in [-0.3, -0.25) is 14.0 Å². The second-order valence-corrected chi connectivity index (χ2v) is 6.49. The van der Waals surface area contributed by atoms with Crippen LogP contribution in [0.5, 0.6) is 11.5 Å². The molecule has 0 aliphatic carbocycles. The first kappa shape index (κ1) is 16.3. The highest BCUT2D eigenvalue weighted by Gasteiger charge is 2.12. The van der Waals surface area contributed by atoms with Crippen LogP contribution in [0.4, 0.5) is 0 Å². The minimum Gasteiger partial charge on any atom is -0.497 e. The molecule has 0 saturated heterocycles. The lowest BCUT2D eigenvalue weighted by Crippen LogP contribution is -2.16. The molecule has 0 aliphatic heterocycles. The van der Waals surface area contributed by atoms with Crippen molar-refractivity contribution in [3.05, 3.63) is 69.2 Å². The van der Waals surface area contributed by atoms with E-state index >= 15 is 0 Å². The SMILES string of the molecule is COc1ccc2[nH]c3cc4c(=O)n5cc(OC)ccc5nc4cc3c(=O)c2c1. The van der Waals surface area contributed by atoms with Gasteiger partial charge in [-0.2, -0.15) is 0 Å². The Bertz CT molecular complexity index is 1420. The van der Waals surface area contributed by atoms with Crippen LogP contribution in [-0.4, -0.2) is 28.6 Å². The Balaban J connectivity index is 1.92. The highest BCUT2D eigenvalue weighted by molar-refractivity contribution is 6.00. The second-order valence-electron chi connectivity index (χ2n) is 6.49. The predicted molar refractivity (Wildman–Crippen MR) is 108 cm³/mol. The molecule has 5 aromatic rings. The van der Waals surface area contributed by atoms with Crippen LogP contribution < -0.4 is 20.5 Å². The first-order valence-electron chi connectivity index (χ1n) is 8.63. The number of H-pyrrole nitrogens is 1. The van der Waals surface area contributed by atoms with Crippen LogP contribution in [-0.2, 0) is 0 Å². The molecule has 28 heavy (non-hydrogen) atoms. The number of fused-ring (bicyclic) bond motifs is 4. The van der Waals surface area contributed by atoms with E-state index in [0.717, 1.165) is 0 Å². The van der Waals surface area contributed by atoms with E-state index in [9.17, 15) is 9.59 Å². The number of ether oxygens (including phenoxy) is 2. The van der Waals surface area contributed by atoms with Crippen LogP contribution in [0.15, 0.2) is 58.3 Å². The van der Waals surface area contributed by atoms with Crippen molar-refractivity contribution in [1.29, 1.82) is 0 Å². The monoisotopic (exact) mass is 373 g/mol. The third-order valence-corrected chi connectivity index (χ3v) is 4.94. The minimum absolute atomic E-state index is 0.138. The average molecular weight is 373 g/mol. The summed E-state index contributed by atoms with van der Waals surface area (Å²) in [6.45, 7) is 0. The van der Waals surface area contributed by atoms with Crippen molar-refractivity contribution in [2.75, 3.05) is 14.2 Å². The van der Waals surface area contributed by atoms with Crippen molar-refractivity contribution in [1.82, 2.24) is 14.4 Å². The van der Waals surface area contributed by atoms with Gasteiger partial charge in [0.15, 0.2) is 5.43 Å². The number of nitrogens with zero attached hydrogens (tertiary/aromatic N) is 2. The van der Waals surface area contributed by atoms with Crippen LogP contribution in [0.3, 0.4) is 0 Å². The molecule has 0 radical (unpaired) electrons. The molecule has 0 atom stereocenters. The van der Waals surface area contributed by atoms with Gasteiger partial charge in [-0.1, -0.05) is 0 Å². The van der Waals surface area contributed by atoms with Crippen LogP contribution in [0.1, 0.15) is 0 Å². The molecule has 3 heterocycles. The summed E-state index contributed by atoms with van der Waals surface area (Å²) in [5.41, 5.74) is 1.84. The van der Waals surface area contributed by atoms with Gasteiger partial charge in [0.25, 0.3) is 5.56 Å². The summed E-state index contributed by atoms with van der Waals surface area (Å²) in [4.78, 5) is 33.8. The van der Waals surface area contributed by atoms with Crippen molar-refractivity contribution < 1.29 is 9.47 Å². The quantitative estimate of drug-likeness (QED) is 0.481. The third kappa shape index (κ3) is 2.26. The standard InChI is InChI=1S/C21H15N3O4/c1-27-11-3-5-16-13(7-11)20(25)14-8-18-15(9-17(14)22-16)21(26)24-10-12(28-2)4-6-19(24)23-18/h3-10H,1-2H3,(H,22,25). The van der Waals surface area contributed by atoms with E-state index in [1.54, 1.807) is 62.9 Å². The predicted octanol–water partition coefficient (Wildman–Crippen LogP) is 2.86. The smallest absolute Gasteiger partial charge is 0.265 e. The third-order valence-electron chi connectivity index (χ3n) is 4.94. The van der Waals surface area contributed by atoms with E-state index in [4.69, 9.17) is 9.47 Å². The summed E-state index contributed by atoms with van der Waals surface area (Å²) < 4.78 is 11.9. The zero-order valence-electron chi connectivity index (χ0n) is 15.1. The van der Waals surface area contributed by atoms with Gasteiger partial charge in [0.1, 0.15) is 17.1 Å². The number of aromatic amines is 1. The molecule has 5 rings (SSSR count). The molecule has 3 aromatic heterocycles. The zero-order chi connectivity index (χ0) is 19.4. The lowest BCUT2D eigenvalue weighted by Gasteiger charge is -2.08. The summed E-state index contributed by atoms with van der Waals surface area (Å²) in [6, 6.07) is 12.1. The molecule has 2 aromatic carbocycles. The van der Waals surface area contributed by atoms with Gasteiger partial charge in [-0.25, -0.2) is 4.98 Å². The number of methoxy groups -OCH3 is 2. The van der Waals surface area contributed by atoms with E-state index in [2.05, 4.69) is 9.97 Å². The van der Waals surface area contributed by atoms with Crippen LogP contribution >= 0.6 is 0 Å². The first-order valence-corrected chi connectivity index (χ1v) is 8.63. The van der Waals surface area contributed by atoms with E-state index < -0.39 is 0 Å². The maximum absolute atomic E-state index is 13.0. The molecule has 7 nitrogen and oxygen atoms in total. The Morgan fingerprint density at radius 2 is 1.61 bits per heavy atom. The fraction of sp³-hybridized carbons (Fsp3) is 0.0952. The molecule has 0 spiro atoms. The Kier molecular flexibility index (Phi) is 3.39. The Labute approximate surface area is 157 Å². The summed E-state index contributed by atoms with van der Waals surface area (Å²) in [7, 11) is 3.10. The fourth-order valence-electron chi connectivity index (χ4n) is 3.48. The number of aromatic nitrogens is 3. The highest BCUT2D eigenvalue weighted by Crippen LogP contribution is 2.22. The van der Waals surface area contributed by atoms with Crippen molar-refractivity contribution in [2.24, 2.45) is 0 Å². The summed E-state index contributed by atoms with van der Waals surface area (Å²) in [5.74, 6) is 1.17. The molecule has 7 heteroatoms. The Hall–Kier alpha value is -3.87. The van der Waals surface area contributed by atoms with Gasteiger partial charge in [0, 0.05) is 10.8 Å². The summed E-state index contributed by atoms with van der Waals surface area (Å²) in [5, 5.41) is 1.41. The van der Waals surface area contributed by atoms with Gasteiger partial charge >= 0.3 is 0 Å². The number of nitrogens with one attached hydrogen (secondary N) is 1. The molecular formula is C21H15N3O4. The summed E-state index contributed by atoms with van der Waals surface area (Å²) in [6.07, 6.45) is 1.60. The Morgan fingerprint density at radius 1 is 0.857 bits per heavy atom. The van der Waals surface area contributed by atoms with Gasteiger partial charge in [-0.05, 0) is 42.5 Å². The van der Waals surface area contributed by atoms with E-state index in [1.807, 2.05) is 0 Å². The number of rotatable bonds is 2. The molecule has 0 aliphatic rings. The maximum Gasteiger partial charge on any atom is 0.265 e. The molecule has 0 amide bonds. The van der Waals surface area contributed by atoms with Crippen LogP contribution in [0.2, 0.25) is 0 Å². The molecule has 0 bridgehead atoms. The van der Waals surface area contributed by atoms with Gasteiger partial charge in [0.05, 0.1) is 42.4 Å². The highest BCUT2D eigenvalue weighted by atomic mass is 16.5. The number of pyridine rings is 2. The van der Waals surface area contributed by atoms with Crippen molar-refractivity contribution in [2.45, 2.75) is 0 Å². The molecule has 1 N–H and O–H groups in total.